The smallest absolute Gasteiger partial charge is 0.263 e. The van der Waals surface area contributed by atoms with Gasteiger partial charge in [-0.2, -0.15) is 0 Å². The van der Waals surface area contributed by atoms with Gasteiger partial charge in [0.1, 0.15) is 9.71 Å². The lowest BCUT2D eigenvalue weighted by molar-refractivity contribution is 0.0952. The van der Waals surface area contributed by atoms with Crippen molar-refractivity contribution in [1.29, 1.82) is 0 Å². The van der Waals surface area contributed by atoms with Crippen molar-refractivity contribution in [1.82, 2.24) is 10.3 Å². The van der Waals surface area contributed by atoms with Crippen LogP contribution in [0.3, 0.4) is 0 Å². The van der Waals surface area contributed by atoms with Crippen molar-refractivity contribution in [2.24, 2.45) is 5.92 Å². The number of aromatic nitrogens is 1. The van der Waals surface area contributed by atoms with E-state index in [2.05, 4.69) is 10.3 Å². The van der Waals surface area contributed by atoms with Gasteiger partial charge in [0.2, 0.25) is 0 Å². The van der Waals surface area contributed by atoms with Gasteiger partial charge in [0.05, 0.1) is 5.69 Å². The first kappa shape index (κ1) is 12.4. The van der Waals surface area contributed by atoms with Gasteiger partial charge in [0.25, 0.3) is 5.91 Å². The predicted octanol–water partition coefficient (Wildman–Crippen LogP) is 2.80. The molecule has 1 amide bonds. The molecule has 0 aromatic carbocycles. The van der Waals surface area contributed by atoms with Gasteiger partial charge < -0.3 is 11.1 Å². The van der Waals surface area contributed by atoms with Gasteiger partial charge in [-0.05, 0) is 30.9 Å². The van der Waals surface area contributed by atoms with Crippen molar-refractivity contribution in [3.63, 3.8) is 0 Å². The molecule has 0 atom stereocenters. The van der Waals surface area contributed by atoms with Gasteiger partial charge in [0, 0.05) is 18.1 Å². The lowest BCUT2D eigenvalue weighted by Gasteiger charge is -2.09. The number of thiophene rings is 1. The van der Waals surface area contributed by atoms with Gasteiger partial charge in [-0.3, -0.25) is 4.79 Å². The number of rotatable bonds is 3. The largest absolute Gasteiger partial charge is 0.397 e. The molecule has 4 nitrogen and oxygen atoms in total. The van der Waals surface area contributed by atoms with E-state index in [0.717, 1.165) is 16.8 Å². The summed E-state index contributed by atoms with van der Waals surface area (Å²) in [5, 5.41) is 3.88. The second-order valence-corrected chi connectivity index (χ2v) is 6.06. The number of hydrogen-bond donors (Lipinski definition) is 2. The van der Waals surface area contributed by atoms with Crippen LogP contribution in [0.2, 0.25) is 0 Å². The molecule has 3 rings (SSSR count). The van der Waals surface area contributed by atoms with Gasteiger partial charge in [-0.25, -0.2) is 4.98 Å². The maximum Gasteiger partial charge on any atom is 0.263 e. The summed E-state index contributed by atoms with van der Waals surface area (Å²) in [6.07, 6.45) is 6.75. The standard InChI is InChI=1S/C14H17N3OS/c15-11-10-6-3-7-16-14(10)19-12(11)13(18)17-8-9-4-1-2-5-9/h3,6-7,9H,1-2,4-5,8,15H2,(H,17,18). The average Bonchev–Trinajstić information content (AvgIpc) is 3.05. The van der Waals surface area contributed by atoms with Crippen LogP contribution in [0.15, 0.2) is 18.3 Å². The number of nitrogens with two attached hydrogens (primary N) is 1. The number of nitrogens with zero attached hydrogens (tertiary/aromatic N) is 1. The molecule has 1 aliphatic rings. The van der Waals surface area contributed by atoms with Crippen LogP contribution in [0.5, 0.6) is 0 Å². The molecule has 0 unspecified atom stereocenters. The van der Waals surface area contributed by atoms with E-state index in [9.17, 15) is 4.79 Å². The lowest BCUT2D eigenvalue weighted by atomic mass is 10.1. The molecule has 0 aliphatic heterocycles. The van der Waals surface area contributed by atoms with Crippen molar-refractivity contribution in [3.05, 3.63) is 23.2 Å². The molecule has 0 spiro atoms. The van der Waals surface area contributed by atoms with Crippen LogP contribution in [-0.4, -0.2) is 17.4 Å². The number of pyridine rings is 1. The van der Waals surface area contributed by atoms with Crippen LogP contribution < -0.4 is 11.1 Å². The second kappa shape index (κ2) is 5.17. The minimum atomic E-state index is -0.0626. The Morgan fingerprint density at radius 1 is 1.47 bits per heavy atom. The number of fused-ring (bicyclic) bond motifs is 1. The summed E-state index contributed by atoms with van der Waals surface area (Å²) >= 11 is 1.37. The van der Waals surface area contributed by atoms with E-state index in [-0.39, 0.29) is 5.91 Å². The van der Waals surface area contributed by atoms with Crippen molar-refractivity contribution >= 4 is 33.1 Å². The van der Waals surface area contributed by atoms with Gasteiger partial charge in [0.15, 0.2) is 0 Å². The fraction of sp³-hybridized carbons (Fsp3) is 0.429. The van der Waals surface area contributed by atoms with Crippen molar-refractivity contribution in [2.75, 3.05) is 12.3 Å². The Kier molecular flexibility index (Phi) is 3.38. The molecular formula is C14H17N3OS. The monoisotopic (exact) mass is 275 g/mol. The summed E-state index contributed by atoms with van der Waals surface area (Å²) in [7, 11) is 0. The minimum Gasteiger partial charge on any atom is -0.397 e. The normalized spacial score (nSPS) is 16.0. The Labute approximate surface area is 116 Å². The fourth-order valence-corrected chi connectivity index (χ4v) is 3.63. The van der Waals surface area contributed by atoms with Crippen molar-refractivity contribution in [3.8, 4) is 0 Å². The zero-order valence-electron chi connectivity index (χ0n) is 10.7. The Bertz CT molecular complexity index is 602. The van der Waals surface area contributed by atoms with Gasteiger partial charge in [-0.15, -0.1) is 11.3 Å². The fourth-order valence-electron chi connectivity index (χ4n) is 2.65. The summed E-state index contributed by atoms with van der Waals surface area (Å²) in [5.74, 6) is 0.574. The SMILES string of the molecule is Nc1c(C(=O)NCC2CCCC2)sc2ncccc12. The number of nitrogen functional groups attached to an aromatic ring is 1. The first-order chi connectivity index (χ1) is 9.25. The van der Waals surface area contributed by atoms with Crippen LogP contribution in [0.1, 0.15) is 35.4 Å². The van der Waals surface area contributed by atoms with Crippen LogP contribution in [-0.2, 0) is 0 Å². The number of amides is 1. The molecule has 3 N–H and O–H groups in total. The Morgan fingerprint density at radius 3 is 3.00 bits per heavy atom. The highest BCUT2D eigenvalue weighted by Gasteiger charge is 2.19. The molecule has 2 aromatic heterocycles. The summed E-state index contributed by atoms with van der Waals surface area (Å²) in [6, 6.07) is 3.74. The second-order valence-electron chi connectivity index (χ2n) is 5.06. The lowest BCUT2D eigenvalue weighted by Crippen LogP contribution is -2.28. The number of nitrogens with one attached hydrogen (secondary N) is 1. The average molecular weight is 275 g/mol. The highest BCUT2D eigenvalue weighted by atomic mass is 32.1. The molecule has 0 radical (unpaired) electrons. The van der Waals surface area contributed by atoms with Crippen LogP contribution in [0.4, 0.5) is 5.69 Å². The molecule has 2 heterocycles. The molecule has 100 valence electrons. The van der Waals surface area contributed by atoms with Crippen LogP contribution in [0, 0.1) is 5.92 Å². The van der Waals surface area contributed by atoms with Gasteiger partial charge >= 0.3 is 0 Å². The van der Waals surface area contributed by atoms with E-state index >= 15 is 0 Å². The topological polar surface area (TPSA) is 68.0 Å². The van der Waals surface area contributed by atoms with E-state index < -0.39 is 0 Å². The predicted molar refractivity (Wildman–Crippen MR) is 78.3 cm³/mol. The first-order valence-electron chi connectivity index (χ1n) is 6.67. The highest BCUT2D eigenvalue weighted by molar-refractivity contribution is 7.21. The summed E-state index contributed by atoms with van der Waals surface area (Å²) in [4.78, 5) is 17.8. The molecule has 5 heteroatoms. The Hall–Kier alpha value is -1.62. The summed E-state index contributed by atoms with van der Waals surface area (Å²) in [6.45, 7) is 0.764. The maximum atomic E-state index is 12.2. The zero-order valence-corrected chi connectivity index (χ0v) is 11.5. The van der Waals surface area contributed by atoms with E-state index in [1.807, 2.05) is 12.1 Å². The van der Waals surface area contributed by atoms with E-state index in [4.69, 9.17) is 5.73 Å². The van der Waals surface area contributed by atoms with Gasteiger partial charge in [-0.1, -0.05) is 12.8 Å². The Morgan fingerprint density at radius 2 is 2.26 bits per heavy atom. The van der Waals surface area contributed by atoms with Crippen LogP contribution in [0.25, 0.3) is 10.2 Å². The van der Waals surface area contributed by atoms with Crippen LogP contribution >= 0.6 is 11.3 Å². The summed E-state index contributed by atoms with van der Waals surface area (Å²) in [5.41, 5.74) is 6.59. The Balaban J connectivity index is 1.75. The number of hydrogen-bond acceptors (Lipinski definition) is 4. The first-order valence-corrected chi connectivity index (χ1v) is 7.48. The third-order valence-electron chi connectivity index (χ3n) is 3.74. The molecule has 0 bridgehead atoms. The van der Waals surface area contributed by atoms with Crippen molar-refractivity contribution < 1.29 is 4.79 Å². The zero-order chi connectivity index (χ0) is 13.2. The maximum absolute atomic E-state index is 12.2. The third-order valence-corrected chi connectivity index (χ3v) is 4.87. The number of anilines is 1. The number of carbonyl (C=O) groups is 1. The van der Waals surface area contributed by atoms with E-state index in [1.54, 1.807) is 6.20 Å². The molecular weight excluding hydrogens is 258 g/mol. The highest BCUT2D eigenvalue weighted by Crippen LogP contribution is 2.32. The molecule has 1 saturated carbocycles. The molecule has 1 aliphatic carbocycles. The van der Waals surface area contributed by atoms with E-state index in [0.29, 0.717) is 16.5 Å². The summed E-state index contributed by atoms with van der Waals surface area (Å²) < 4.78 is 0. The molecule has 1 fully saturated rings. The minimum absolute atomic E-state index is 0.0626. The van der Waals surface area contributed by atoms with E-state index in [1.165, 1.54) is 37.0 Å². The third kappa shape index (κ3) is 2.42. The van der Waals surface area contributed by atoms with Crippen molar-refractivity contribution in [2.45, 2.75) is 25.7 Å². The molecule has 19 heavy (non-hydrogen) atoms. The number of carbonyl (C=O) groups excluding carboxylic acids is 1. The quantitative estimate of drug-likeness (QED) is 0.905. The molecule has 0 saturated heterocycles. The molecule has 2 aromatic rings.